The molecule has 0 saturated heterocycles. The zero-order valence-corrected chi connectivity index (χ0v) is 66.2. The van der Waals surface area contributed by atoms with Crippen LogP contribution in [0.2, 0.25) is 0 Å². The van der Waals surface area contributed by atoms with Crippen molar-refractivity contribution in [2.24, 2.45) is 23.7 Å². The summed E-state index contributed by atoms with van der Waals surface area (Å²) in [5.74, 6) is 0.993. The van der Waals surface area contributed by atoms with Gasteiger partial charge >= 0.3 is 39.5 Å². The molecule has 17 nitrogen and oxygen atoms in total. The van der Waals surface area contributed by atoms with Crippen LogP contribution in [0.4, 0.5) is 0 Å². The van der Waals surface area contributed by atoms with Gasteiger partial charge < -0.3 is 33.8 Å². The summed E-state index contributed by atoms with van der Waals surface area (Å²) >= 11 is 0. The maximum atomic E-state index is 13.1. The quantitative estimate of drug-likeness (QED) is 0.0222. The molecule has 0 aliphatic carbocycles. The highest BCUT2D eigenvalue weighted by atomic mass is 31.2. The lowest BCUT2D eigenvalue weighted by atomic mass is 9.99. The SMILES string of the molecule is CCC(C)CCCCCCCCCCCCCCCCC(=O)O[C@H](COC(=O)CCCCCCCCCCCCCCC(C)C)COP(=O)(O)OCC(O)COP(=O)(O)OC[C@@H](COC(=O)CCCCCCCCCC(C)C)OC(=O)CCCCCCCCCCCCCCC(C)C. The van der Waals surface area contributed by atoms with Crippen LogP contribution in [0.15, 0.2) is 0 Å². The van der Waals surface area contributed by atoms with E-state index in [1.54, 1.807) is 0 Å². The summed E-state index contributed by atoms with van der Waals surface area (Å²) in [4.78, 5) is 72.9. The highest BCUT2D eigenvalue weighted by molar-refractivity contribution is 7.47. The number of carbonyl (C=O) groups excluding carboxylic acids is 4. The van der Waals surface area contributed by atoms with Gasteiger partial charge in [-0.25, -0.2) is 9.13 Å². The minimum atomic E-state index is -4.96. The van der Waals surface area contributed by atoms with E-state index in [0.717, 1.165) is 114 Å². The zero-order chi connectivity index (χ0) is 72.4. The molecule has 0 aromatic rings. The van der Waals surface area contributed by atoms with Crippen LogP contribution in [0.5, 0.6) is 0 Å². The molecule has 4 unspecified atom stereocenters. The van der Waals surface area contributed by atoms with Crippen molar-refractivity contribution in [2.75, 3.05) is 39.6 Å². The Bertz CT molecular complexity index is 1920. The van der Waals surface area contributed by atoms with Gasteiger partial charge in [0.1, 0.15) is 19.3 Å². The largest absolute Gasteiger partial charge is 0.472 e. The third-order valence-electron chi connectivity index (χ3n) is 18.7. The number of esters is 4. The summed E-state index contributed by atoms with van der Waals surface area (Å²) in [6, 6.07) is 0. The first-order valence-electron chi connectivity index (χ1n) is 40.7. The Morgan fingerprint density at radius 3 is 0.724 bits per heavy atom. The molecule has 0 aliphatic heterocycles. The van der Waals surface area contributed by atoms with Crippen LogP contribution in [-0.4, -0.2) is 96.7 Å². The van der Waals surface area contributed by atoms with Crippen LogP contribution in [-0.2, 0) is 65.4 Å². The van der Waals surface area contributed by atoms with Crippen molar-refractivity contribution in [1.82, 2.24) is 0 Å². The van der Waals surface area contributed by atoms with Gasteiger partial charge in [-0.2, -0.15) is 0 Å². The number of rotatable bonds is 76. The molecule has 0 fully saturated rings. The van der Waals surface area contributed by atoms with E-state index in [2.05, 4.69) is 55.4 Å². The summed E-state index contributed by atoms with van der Waals surface area (Å²) in [6.07, 6.45) is 54.1. The lowest BCUT2D eigenvalue weighted by molar-refractivity contribution is -0.161. The third-order valence-corrected chi connectivity index (χ3v) is 20.6. The maximum Gasteiger partial charge on any atom is 0.472 e. The van der Waals surface area contributed by atoms with Crippen LogP contribution in [0, 0.1) is 23.7 Å². The second kappa shape index (κ2) is 68.2. The van der Waals surface area contributed by atoms with Gasteiger partial charge in [0.25, 0.3) is 0 Å². The Morgan fingerprint density at radius 2 is 0.490 bits per heavy atom. The highest BCUT2D eigenvalue weighted by Gasteiger charge is 2.30. The van der Waals surface area contributed by atoms with Gasteiger partial charge in [-0.3, -0.25) is 37.3 Å². The normalized spacial score (nSPS) is 14.3. The molecule has 19 heteroatoms. The standard InChI is InChI=1S/C79H154O17P2/c1-9-72(8)58-50-42-34-26-20-12-10-11-13-22-28-36-45-53-61-78(83)95-74(65-89-76(81)59-51-43-35-27-21-16-14-18-24-31-39-47-55-69(2)3)67-93-97(85,86)91-63-73(80)64-92-98(87,88)94-68-75(66-90-77(82)60-52-44-38-30-33-41-49-57-71(6)7)96-79(84)62-54-46-37-29-23-17-15-19-25-32-40-48-56-70(4)5/h69-75,80H,9-68H2,1-8H3,(H,85,86)(H,87,88)/t72?,73?,74-,75-/m1/s1. The second-order valence-corrected chi connectivity index (χ2v) is 33.0. The number of phosphoric ester groups is 2. The number of carbonyl (C=O) groups is 4. The minimum absolute atomic E-state index is 0.106. The molecule has 0 aromatic heterocycles. The van der Waals surface area contributed by atoms with E-state index in [-0.39, 0.29) is 25.7 Å². The van der Waals surface area contributed by atoms with E-state index in [1.165, 1.54) is 199 Å². The van der Waals surface area contributed by atoms with Gasteiger partial charge in [0, 0.05) is 25.7 Å². The monoisotopic (exact) mass is 1440 g/mol. The third kappa shape index (κ3) is 71.1. The first-order valence-corrected chi connectivity index (χ1v) is 43.7. The number of ether oxygens (including phenoxy) is 4. The number of unbranched alkanes of at least 4 members (excludes halogenated alkanes) is 41. The Kier molecular flexibility index (Phi) is 66.8. The molecule has 0 saturated carbocycles. The first kappa shape index (κ1) is 96.1. The van der Waals surface area contributed by atoms with Crippen molar-refractivity contribution in [3.05, 3.63) is 0 Å². The van der Waals surface area contributed by atoms with E-state index in [4.69, 9.17) is 37.0 Å². The lowest BCUT2D eigenvalue weighted by Crippen LogP contribution is -2.30. The molecule has 0 bridgehead atoms. The van der Waals surface area contributed by atoms with Gasteiger partial charge in [-0.05, 0) is 49.4 Å². The van der Waals surface area contributed by atoms with Crippen LogP contribution in [0.1, 0.15) is 402 Å². The van der Waals surface area contributed by atoms with Gasteiger partial charge in [0.15, 0.2) is 12.2 Å². The Morgan fingerprint density at radius 1 is 0.286 bits per heavy atom. The van der Waals surface area contributed by atoms with Gasteiger partial charge in [-0.1, -0.05) is 351 Å². The van der Waals surface area contributed by atoms with E-state index in [9.17, 15) is 43.2 Å². The molecule has 0 rings (SSSR count). The fourth-order valence-corrected chi connectivity index (χ4v) is 13.6. The first-order chi connectivity index (χ1) is 47.1. The van der Waals surface area contributed by atoms with E-state index < -0.39 is 97.5 Å². The number of hydrogen-bond acceptors (Lipinski definition) is 15. The molecule has 0 heterocycles. The second-order valence-electron chi connectivity index (χ2n) is 30.1. The summed E-state index contributed by atoms with van der Waals surface area (Å²) in [7, 11) is -9.92. The van der Waals surface area contributed by atoms with Gasteiger partial charge in [-0.15, -0.1) is 0 Å². The zero-order valence-electron chi connectivity index (χ0n) is 64.4. The summed E-state index contributed by atoms with van der Waals surface area (Å²) in [5, 5.41) is 10.6. The molecule has 0 spiro atoms. The minimum Gasteiger partial charge on any atom is -0.462 e. The van der Waals surface area contributed by atoms with Crippen molar-refractivity contribution < 1.29 is 80.2 Å². The topological polar surface area (TPSA) is 237 Å². The Balaban J connectivity index is 5.26. The number of phosphoric acid groups is 2. The summed E-state index contributed by atoms with van der Waals surface area (Å²) in [6.45, 7) is 14.2. The predicted molar refractivity (Wildman–Crippen MR) is 400 cm³/mol. The van der Waals surface area contributed by atoms with Crippen molar-refractivity contribution in [2.45, 2.75) is 420 Å². The number of aliphatic hydroxyl groups is 1. The average molecular weight is 1440 g/mol. The highest BCUT2D eigenvalue weighted by Crippen LogP contribution is 2.45. The Labute approximate surface area is 600 Å². The molecule has 0 amide bonds. The van der Waals surface area contributed by atoms with Crippen molar-refractivity contribution in [3.63, 3.8) is 0 Å². The molecule has 0 aromatic carbocycles. The fraction of sp³-hybridized carbons (Fsp3) is 0.949. The van der Waals surface area contributed by atoms with Crippen LogP contribution in [0.3, 0.4) is 0 Å². The van der Waals surface area contributed by atoms with E-state index in [1.807, 2.05) is 0 Å². The van der Waals surface area contributed by atoms with Crippen LogP contribution >= 0.6 is 15.6 Å². The Hall–Kier alpha value is -1.94. The van der Waals surface area contributed by atoms with Crippen molar-refractivity contribution in [3.8, 4) is 0 Å². The molecule has 98 heavy (non-hydrogen) atoms. The number of aliphatic hydroxyl groups excluding tert-OH is 1. The van der Waals surface area contributed by atoms with Crippen molar-refractivity contribution >= 4 is 39.5 Å². The average Bonchev–Trinajstić information content (AvgIpc) is 1.02. The van der Waals surface area contributed by atoms with E-state index in [0.29, 0.717) is 31.6 Å². The molecular weight excluding hydrogens is 1280 g/mol. The molecule has 6 atom stereocenters. The number of hydrogen-bond donors (Lipinski definition) is 3. The van der Waals surface area contributed by atoms with Crippen LogP contribution in [0.25, 0.3) is 0 Å². The summed E-state index contributed by atoms with van der Waals surface area (Å²) < 4.78 is 68.6. The predicted octanol–water partition coefficient (Wildman–Crippen LogP) is 23.2. The molecule has 582 valence electrons. The van der Waals surface area contributed by atoms with Gasteiger partial charge in [0.05, 0.1) is 26.4 Å². The smallest absolute Gasteiger partial charge is 0.462 e. The van der Waals surface area contributed by atoms with Gasteiger partial charge in [0.2, 0.25) is 0 Å². The van der Waals surface area contributed by atoms with E-state index >= 15 is 0 Å². The fourth-order valence-electron chi connectivity index (χ4n) is 12.0. The lowest BCUT2D eigenvalue weighted by Gasteiger charge is -2.21. The van der Waals surface area contributed by atoms with Crippen molar-refractivity contribution in [1.29, 1.82) is 0 Å². The summed E-state index contributed by atoms with van der Waals surface area (Å²) in [5.41, 5.74) is 0. The van der Waals surface area contributed by atoms with Crippen LogP contribution < -0.4 is 0 Å². The molecule has 3 N–H and O–H groups in total. The molecule has 0 radical (unpaired) electrons. The molecular formula is C79H154O17P2. The maximum absolute atomic E-state index is 13.1. The molecule has 0 aliphatic rings.